The Kier molecular flexibility index (Phi) is 4.35. The van der Waals surface area contributed by atoms with E-state index in [1.807, 2.05) is 0 Å². The first-order valence-electron chi connectivity index (χ1n) is 4.97. The first kappa shape index (κ1) is 14.4. The molecule has 9 heteroatoms. The van der Waals surface area contributed by atoms with E-state index in [0.717, 1.165) is 18.2 Å². The van der Waals surface area contributed by atoms with Gasteiger partial charge in [-0.25, -0.2) is 4.79 Å². The highest BCUT2D eigenvalue weighted by atomic mass is 19.1. The minimum atomic E-state index is -1.60. The van der Waals surface area contributed by atoms with Gasteiger partial charge in [-0.3, -0.25) is 14.9 Å². The average molecular weight is 272 g/mol. The molecule has 1 aromatic rings. The number of nitro benzene ring substituents is 1. The first-order chi connectivity index (χ1) is 8.82. The fourth-order valence-corrected chi connectivity index (χ4v) is 1.38. The number of carboxylic acids is 2. The molecule has 0 aliphatic heterocycles. The van der Waals surface area contributed by atoms with Crippen molar-refractivity contribution in [1.29, 1.82) is 0 Å². The van der Waals surface area contributed by atoms with Gasteiger partial charge in [0.1, 0.15) is 11.7 Å². The van der Waals surface area contributed by atoms with Crippen molar-refractivity contribution in [3.8, 4) is 0 Å². The maximum absolute atomic E-state index is 13.3. The third-order valence-electron chi connectivity index (χ3n) is 2.18. The summed E-state index contributed by atoms with van der Waals surface area (Å²) in [5, 5.41) is 30.1. The van der Waals surface area contributed by atoms with E-state index >= 15 is 0 Å². The molecule has 8 nitrogen and oxygen atoms in total. The van der Waals surface area contributed by atoms with Crippen molar-refractivity contribution in [2.45, 2.75) is 12.5 Å². The van der Waals surface area contributed by atoms with E-state index < -0.39 is 46.5 Å². The van der Waals surface area contributed by atoms with Gasteiger partial charge in [-0.15, -0.1) is 0 Å². The molecule has 0 aliphatic rings. The van der Waals surface area contributed by atoms with Gasteiger partial charge in [-0.1, -0.05) is 6.07 Å². The van der Waals surface area contributed by atoms with Gasteiger partial charge in [0.2, 0.25) is 5.82 Å². The number of para-hydroxylation sites is 1. The third-order valence-corrected chi connectivity index (χ3v) is 2.18. The number of nitrogens with zero attached hydrogens (tertiary/aromatic N) is 1. The Bertz CT molecular complexity index is 533. The molecule has 0 aliphatic carbocycles. The van der Waals surface area contributed by atoms with E-state index in [2.05, 4.69) is 5.32 Å². The Morgan fingerprint density at radius 1 is 1.42 bits per heavy atom. The van der Waals surface area contributed by atoms with Gasteiger partial charge < -0.3 is 15.5 Å². The molecule has 0 amide bonds. The Morgan fingerprint density at radius 3 is 2.53 bits per heavy atom. The molecule has 102 valence electrons. The van der Waals surface area contributed by atoms with Crippen LogP contribution in [0.5, 0.6) is 0 Å². The van der Waals surface area contributed by atoms with Crippen LogP contribution in [-0.2, 0) is 9.59 Å². The molecule has 19 heavy (non-hydrogen) atoms. The molecule has 0 heterocycles. The number of hydrogen-bond donors (Lipinski definition) is 3. The Balaban J connectivity index is 3.09. The minimum absolute atomic E-state index is 0.390. The van der Waals surface area contributed by atoms with Crippen molar-refractivity contribution in [1.82, 2.24) is 0 Å². The van der Waals surface area contributed by atoms with E-state index in [4.69, 9.17) is 10.2 Å². The molecule has 0 saturated heterocycles. The summed E-state index contributed by atoms with van der Waals surface area (Å²) in [5.74, 6) is -4.06. The predicted octanol–water partition coefficient (Wildman–Crippen LogP) is 1.07. The fourth-order valence-electron chi connectivity index (χ4n) is 1.38. The molecule has 0 spiro atoms. The van der Waals surface area contributed by atoms with Crippen LogP contribution < -0.4 is 5.32 Å². The van der Waals surface area contributed by atoms with Crippen LogP contribution in [0.1, 0.15) is 6.42 Å². The summed E-state index contributed by atoms with van der Waals surface area (Å²) < 4.78 is 13.3. The smallest absolute Gasteiger partial charge is 0.327 e. The summed E-state index contributed by atoms with van der Waals surface area (Å²) >= 11 is 0. The summed E-state index contributed by atoms with van der Waals surface area (Å²) in [7, 11) is 0. The lowest BCUT2D eigenvalue weighted by Gasteiger charge is -2.13. The second-order valence-corrected chi connectivity index (χ2v) is 3.53. The van der Waals surface area contributed by atoms with E-state index in [-0.39, 0.29) is 0 Å². The van der Waals surface area contributed by atoms with Gasteiger partial charge in [0.05, 0.1) is 11.3 Å². The van der Waals surface area contributed by atoms with Gasteiger partial charge in [-0.05, 0) is 12.1 Å². The van der Waals surface area contributed by atoms with Crippen molar-refractivity contribution in [2.24, 2.45) is 0 Å². The largest absolute Gasteiger partial charge is 0.481 e. The number of nitro groups is 1. The zero-order valence-corrected chi connectivity index (χ0v) is 9.37. The maximum atomic E-state index is 13.3. The molecule has 0 saturated carbocycles. The van der Waals surface area contributed by atoms with Gasteiger partial charge in [0, 0.05) is 0 Å². The number of halogens is 1. The van der Waals surface area contributed by atoms with Crippen LogP contribution in [0.3, 0.4) is 0 Å². The van der Waals surface area contributed by atoms with Crippen LogP contribution in [0.2, 0.25) is 0 Å². The minimum Gasteiger partial charge on any atom is -0.481 e. The highest BCUT2D eigenvalue weighted by molar-refractivity contribution is 5.84. The number of aliphatic carboxylic acids is 2. The Morgan fingerprint density at radius 2 is 2.05 bits per heavy atom. The summed E-state index contributed by atoms with van der Waals surface area (Å²) in [5.41, 5.74) is -1.32. The van der Waals surface area contributed by atoms with Crippen molar-refractivity contribution in [3.63, 3.8) is 0 Å². The molecule has 0 bridgehead atoms. The molecule has 1 unspecified atom stereocenters. The molecule has 0 fully saturated rings. The number of benzene rings is 1. The topological polar surface area (TPSA) is 130 Å². The van der Waals surface area contributed by atoms with Crippen LogP contribution in [0.4, 0.5) is 15.8 Å². The van der Waals surface area contributed by atoms with Crippen LogP contribution in [0, 0.1) is 15.9 Å². The molecular formula is C10H9FN2O6. The molecule has 0 aromatic heterocycles. The van der Waals surface area contributed by atoms with E-state index in [1.165, 1.54) is 0 Å². The zero-order valence-electron chi connectivity index (χ0n) is 9.37. The standard InChI is InChI=1S/C10H9FN2O6/c11-5-2-1-3-6(9(5)13(18)19)12-7(10(16)17)4-8(14)15/h1-3,7,12H,4H2,(H,14,15)(H,16,17). The van der Waals surface area contributed by atoms with E-state index in [0.29, 0.717) is 0 Å². The molecule has 0 radical (unpaired) electrons. The number of carboxylic acid groups (broad SMARTS) is 2. The number of carbonyl (C=O) groups is 2. The second kappa shape index (κ2) is 5.76. The maximum Gasteiger partial charge on any atom is 0.327 e. The van der Waals surface area contributed by atoms with Crippen LogP contribution in [0.25, 0.3) is 0 Å². The number of hydrogen-bond acceptors (Lipinski definition) is 5. The van der Waals surface area contributed by atoms with Gasteiger partial charge in [-0.2, -0.15) is 4.39 Å². The number of anilines is 1. The quantitative estimate of drug-likeness (QED) is 0.521. The second-order valence-electron chi connectivity index (χ2n) is 3.53. The molecule has 3 N–H and O–H groups in total. The van der Waals surface area contributed by atoms with Gasteiger partial charge >= 0.3 is 17.6 Å². The highest BCUT2D eigenvalue weighted by Crippen LogP contribution is 2.28. The van der Waals surface area contributed by atoms with Crippen molar-refractivity contribution in [3.05, 3.63) is 34.1 Å². The lowest BCUT2D eigenvalue weighted by atomic mass is 10.1. The molecule has 1 atom stereocenters. The lowest BCUT2D eigenvalue weighted by molar-refractivity contribution is -0.386. The third kappa shape index (κ3) is 3.63. The van der Waals surface area contributed by atoms with Gasteiger partial charge in [0.15, 0.2) is 0 Å². The summed E-state index contributed by atoms with van der Waals surface area (Å²) in [6.45, 7) is 0. The van der Waals surface area contributed by atoms with Crippen LogP contribution in [0.15, 0.2) is 18.2 Å². The summed E-state index contributed by atoms with van der Waals surface area (Å²) in [6, 6.07) is 1.48. The zero-order chi connectivity index (χ0) is 14.6. The predicted molar refractivity (Wildman–Crippen MR) is 60.4 cm³/mol. The first-order valence-corrected chi connectivity index (χ1v) is 4.97. The number of nitrogens with one attached hydrogen (secondary N) is 1. The van der Waals surface area contributed by atoms with Crippen molar-refractivity contribution in [2.75, 3.05) is 5.32 Å². The summed E-state index contributed by atoms with van der Waals surface area (Å²) in [4.78, 5) is 31.0. The summed E-state index contributed by atoms with van der Waals surface area (Å²) in [6.07, 6.45) is -0.803. The number of rotatable bonds is 6. The molecular weight excluding hydrogens is 263 g/mol. The van der Waals surface area contributed by atoms with Crippen molar-refractivity contribution < 1.29 is 29.1 Å². The van der Waals surface area contributed by atoms with Crippen LogP contribution in [-0.4, -0.2) is 33.1 Å². The van der Waals surface area contributed by atoms with E-state index in [9.17, 15) is 24.1 Å². The molecule has 1 rings (SSSR count). The SMILES string of the molecule is O=C(O)CC(Nc1cccc(F)c1[N+](=O)[O-])C(=O)O. The average Bonchev–Trinajstić information content (AvgIpc) is 2.26. The Labute approximate surface area is 105 Å². The Hall–Kier alpha value is -2.71. The lowest BCUT2D eigenvalue weighted by Crippen LogP contribution is -2.32. The molecule has 1 aromatic carbocycles. The van der Waals surface area contributed by atoms with Crippen molar-refractivity contribution >= 4 is 23.3 Å². The highest BCUT2D eigenvalue weighted by Gasteiger charge is 2.26. The van der Waals surface area contributed by atoms with Crippen LogP contribution >= 0.6 is 0 Å². The van der Waals surface area contributed by atoms with Gasteiger partial charge in [0.25, 0.3) is 0 Å². The fraction of sp³-hybridized carbons (Fsp3) is 0.200. The monoisotopic (exact) mass is 272 g/mol. The normalized spacial score (nSPS) is 11.6. The van der Waals surface area contributed by atoms with E-state index in [1.54, 1.807) is 0 Å².